The number of hydrogen-bond donors (Lipinski definition) is 2. The summed E-state index contributed by atoms with van der Waals surface area (Å²) in [6, 6.07) is 6.99. The molecule has 2 N–H and O–H groups in total. The first kappa shape index (κ1) is 25.4. The number of aliphatic hydroxyl groups is 2. The van der Waals surface area contributed by atoms with Crippen LogP contribution in [-0.4, -0.2) is 53.8 Å². The lowest BCUT2D eigenvalue weighted by Gasteiger charge is -2.17. The third-order valence-corrected chi connectivity index (χ3v) is 5.07. The summed E-state index contributed by atoms with van der Waals surface area (Å²) in [5.41, 5.74) is 0. The molecule has 1 aromatic carbocycles. The fourth-order valence-corrected chi connectivity index (χ4v) is 3.49. The second-order valence-electron chi connectivity index (χ2n) is 7.88. The van der Waals surface area contributed by atoms with Gasteiger partial charge in [-0.1, -0.05) is 42.0 Å². The topological polar surface area (TPSA) is 85.2 Å². The Morgan fingerprint density at radius 3 is 2.84 bits per heavy atom. The van der Waals surface area contributed by atoms with Crippen LogP contribution in [0.1, 0.15) is 39.5 Å². The lowest BCUT2D eigenvalue weighted by molar-refractivity contribution is -0.147. The van der Waals surface area contributed by atoms with Crippen LogP contribution in [0.4, 0.5) is 0 Å². The smallest absolute Gasteiger partial charge is 0.306 e. The maximum absolute atomic E-state index is 11.5. The van der Waals surface area contributed by atoms with Crippen LogP contribution in [0, 0.1) is 5.92 Å². The number of esters is 1. The molecule has 0 amide bonds. The van der Waals surface area contributed by atoms with Crippen molar-refractivity contribution in [2.75, 3.05) is 13.2 Å². The van der Waals surface area contributed by atoms with E-state index in [0.717, 1.165) is 12.8 Å². The molecule has 4 atom stereocenters. The van der Waals surface area contributed by atoms with Crippen molar-refractivity contribution in [3.8, 4) is 5.75 Å². The van der Waals surface area contributed by atoms with E-state index >= 15 is 0 Å². The third-order valence-electron chi connectivity index (χ3n) is 4.83. The van der Waals surface area contributed by atoms with Crippen LogP contribution in [0.5, 0.6) is 5.75 Å². The Balaban J connectivity index is 1.71. The molecule has 1 fully saturated rings. The van der Waals surface area contributed by atoms with E-state index in [1.807, 2.05) is 26.0 Å². The highest BCUT2D eigenvalue weighted by molar-refractivity contribution is 6.30. The number of allylic oxidation sites excluding steroid dienone is 2. The van der Waals surface area contributed by atoms with Crippen molar-refractivity contribution in [2.24, 2.45) is 5.92 Å². The molecule has 2 rings (SSSR count). The number of ether oxygens (including phenoxy) is 3. The summed E-state index contributed by atoms with van der Waals surface area (Å²) < 4.78 is 16.3. The van der Waals surface area contributed by atoms with Gasteiger partial charge < -0.3 is 24.4 Å². The van der Waals surface area contributed by atoms with Gasteiger partial charge >= 0.3 is 5.97 Å². The van der Waals surface area contributed by atoms with Gasteiger partial charge in [0.05, 0.1) is 24.9 Å². The average Bonchev–Trinajstić information content (AvgIpc) is 3.06. The van der Waals surface area contributed by atoms with Gasteiger partial charge in [-0.2, -0.15) is 0 Å². The fraction of sp³-hybridized carbons (Fsp3) is 0.542. The van der Waals surface area contributed by atoms with Crippen LogP contribution >= 0.6 is 11.6 Å². The zero-order valence-electron chi connectivity index (χ0n) is 18.2. The van der Waals surface area contributed by atoms with Gasteiger partial charge in [-0.15, -0.1) is 0 Å². The van der Waals surface area contributed by atoms with Crippen molar-refractivity contribution in [3.63, 3.8) is 0 Å². The minimum atomic E-state index is -0.800. The normalized spacial score (nSPS) is 22.5. The molecule has 172 valence electrons. The van der Waals surface area contributed by atoms with Gasteiger partial charge in [-0.25, -0.2) is 0 Å². The van der Waals surface area contributed by atoms with Crippen LogP contribution < -0.4 is 4.74 Å². The fourth-order valence-electron chi connectivity index (χ4n) is 3.31. The molecule has 0 bridgehead atoms. The highest BCUT2D eigenvalue weighted by Gasteiger charge is 2.33. The minimum Gasteiger partial charge on any atom is -0.491 e. The van der Waals surface area contributed by atoms with E-state index in [0.29, 0.717) is 23.6 Å². The van der Waals surface area contributed by atoms with E-state index in [-0.39, 0.29) is 37.3 Å². The molecule has 1 heterocycles. The predicted octanol–water partition coefficient (Wildman–Crippen LogP) is 4.08. The quantitative estimate of drug-likeness (QED) is 0.367. The van der Waals surface area contributed by atoms with Crippen molar-refractivity contribution in [1.29, 1.82) is 0 Å². The molecular formula is C24H33ClO6. The number of carbonyl (C=O) groups is 1. The number of hydrogen-bond acceptors (Lipinski definition) is 6. The maximum atomic E-state index is 11.5. The van der Waals surface area contributed by atoms with Gasteiger partial charge in [0.2, 0.25) is 0 Å². The summed E-state index contributed by atoms with van der Waals surface area (Å²) in [6.07, 6.45) is 8.24. The van der Waals surface area contributed by atoms with E-state index in [4.69, 9.17) is 25.8 Å². The Morgan fingerprint density at radius 1 is 1.32 bits per heavy atom. The Hall–Kier alpha value is -1.86. The number of benzene rings is 1. The molecule has 1 aliphatic rings. The van der Waals surface area contributed by atoms with E-state index in [1.165, 1.54) is 0 Å². The zero-order chi connectivity index (χ0) is 22.6. The summed E-state index contributed by atoms with van der Waals surface area (Å²) in [7, 11) is 0. The molecule has 0 radical (unpaired) electrons. The molecule has 0 spiro atoms. The Labute approximate surface area is 189 Å². The average molecular weight is 453 g/mol. The van der Waals surface area contributed by atoms with Crippen LogP contribution in [0.3, 0.4) is 0 Å². The maximum Gasteiger partial charge on any atom is 0.306 e. The molecule has 0 saturated carbocycles. The van der Waals surface area contributed by atoms with Gasteiger partial charge in [-0.05, 0) is 51.3 Å². The summed E-state index contributed by atoms with van der Waals surface area (Å²) in [5, 5.41) is 20.9. The highest BCUT2D eigenvalue weighted by Crippen LogP contribution is 2.27. The van der Waals surface area contributed by atoms with E-state index < -0.39 is 12.2 Å². The first-order chi connectivity index (χ1) is 14.8. The predicted molar refractivity (Wildman–Crippen MR) is 120 cm³/mol. The van der Waals surface area contributed by atoms with Crippen LogP contribution in [-0.2, 0) is 14.3 Å². The molecule has 0 aliphatic carbocycles. The van der Waals surface area contributed by atoms with E-state index in [2.05, 4.69) is 0 Å². The second kappa shape index (κ2) is 13.5. The lowest BCUT2D eigenvalue weighted by Crippen LogP contribution is -2.23. The summed E-state index contributed by atoms with van der Waals surface area (Å²) in [6.45, 7) is 4.04. The van der Waals surface area contributed by atoms with Crippen molar-refractivity contribution >= 4 is 17.6 Å². The third kappa shape index (κ3) is 9.87. The molecule has 1 aromatic rings. The van der Waals surface area contributed by atoms with Crippen LogP contribution in [0.2, 0.25) is 5.02 Å². The monoisotopic (exact) mass is 452 g/mol. The molecule has 31 heavy (non-hydrogen) atoms. The molecular weight excluding hydrogens is 420 g/mol. The Morgan fingerprint density at radius 2 is 2.10 bits per heavy atom. The van der Waals surface area contributed by atoms with Crippen molar-refractivity contribution in [2.45, 2.75) is 63.9 Å². The zero-order valence-corrected chi connectivity index (χ0v) is 18.9. The minimum absolute atomic E-state index is 0.0483. The Bertz CT molecular complexity index is 733. The largest absolute Gasteiger partial charge is 0.491 e. The van der Waals surface area contributed by atoms with E-state index in [1.54, 1.807) is 36.4 Å². The van der Waals surface area contributed by atoms with Gasteiger partial charge in [0.25, 0.3) is 0 Å². The van der Waals surface area contributed by atoms with Gasteiger partial charge in [0.15, 0.2) is 0 Å². The Kier molecular flexibility index (Phi) is 11.1. The molecule has 1 saturated heterocycles. The van der Waals surface area contributed by atoms with E-state index in [9.17, 15) is 15.0 Å². The summed E-state index contributed by atoms with van der Waals surface area (Å²) in [5.74, 6) is 0.352. The first-order valence-electron chi connectivity index (χ1n) is 10.7. The standard InChI is InChI=1S/C24H33ClO6/c1-17(2)31-24(28)11-6-4-3-5-10-21-22(27)16-30-23(21)13-12-19(26)15-29-20-9-7-8-18(25)14-20/h3-4,7-9,12-14,17,19,21-23,26-27H,5-6,10-11,15-16H2,1-2H3/b4-3-,13-12+/t19?,21?,22?,23-/m1/s1. The number of rotatable bonds is 12. The van der Waals surface area contributed by atoms with Gasteiger partial charge in [0, 0.05) is 17.4 Å². The number of carbonyl (C=O) groups excluding carboxylic acids is 1. The number of aliphatic hydroxyl groups excluding tert-OH is 2. The second-order valence-corrected chi connectivity index (χ2v) is 8.31. The SMILES string of the molecule is CC(C)OC(=O)CC/C=C\CCC1C(O)CO[C@@H]1/C=C/C(O)COc1cccc(Cl)c1. The summed E-state index contributed by atoms with van der Waals surface area (Å²) in [4.78, 5) is 11.5. The molecule has 3 unspecified atom stereocenters. The van der Waals surface area contributed by atoms with Crippen LogP contribution in [0.15, 0.2) is 48.6 Å². The van der Waals surface area contributed by atoms with Gasteiger partial charge in [-0.3, -0.25) is 4.79 Å². The molecule has 1 aliphatic heterocycles. The summed E-state index contributed by atoms with van der Waals surface area (Å²) >= 11 is 5.92. The number of halogens is 1. The highest BCUT2D eigenvalue weighted by atomic mass is 35.5. The molecule has 7 heteroatoms. The molecule has 6 nitrogen and oxygen atoms in total. The van der Waals surface area contributed by atoms with Crippen molar-refractivity contribution < 1.29 is 29.2 Å². The van der Waals surface area contributed by atoms with Crippen LogP contribution in [0.25, 0.3) is 0 Å². The van der Waals surface area contributed by atoms with Crippen molar-refractivity contribution in [1.82, 2.24) is 0 Å². The lowest BCUT2D eigenvalue weighted by atomic mass is 9.93. The van der Waals surface area contributed by atoms with Gasteiger partial charge in [0.1, 0.15) is 18.5 Å². The molecule has 0 aromatic heterocycles. The first-order valence-corrected chi connectivity index (χ1v) is 11.1. The van der Waals surface area contributed by atoms with Crippen molar-refractivity contribution in [3.05, 3.63) is 53.6 Å².